The smallest absolute Gasteiger partial charge is 0.336 e. The van der Waals surface area contributed by atoms with Gasteiger partial charge >= 0.3 is 5.97 Å². The minimum atomic E-state index is -1.38. The Morgan fingerprint density at radius 1 is 1.50 bits per heavy atom. The highest BCUT2D eigenvalue weighted by Gasteiger charge is 2.16. The van der Waals surface area contributed by atoms with E-state index in [-0.39, 0.29) is 6.54 Å². The number of ether oxygens (including phenoxy) is 1. The van der Waals surface area contributed by atoms with Gasteiger partial charge in [-0.3, -0.25) is 4.79 Å². The summed E-state index contributed by atoms with van der Waals surface area (Å²) >= 11 is 5.89. The van der Waals surface area contributed by atoms with Crippen molar-refractivity contribution in [2.45, 2.75) is 13.0 Å². The van der Waals surface area contributed by atoms with Gasteiger partial charge in [-0.25, -0.2) is 4.79 Å². The predicted molar refractivity (Wildman–Crippen MR) is 66.5 cm³/mol. The van der Waals surface area contributed by atoms with E-state index in [9.17, 15) is 14.7 Å². The number of hydrogen-bond donors (Lipinski definition) is 2. The first-order valence-corrected chi connectivity index (χ1v) is 5.63. The summed E-state index contributed by atoms with van der Waals surface area (Å²) in [7, 11) is 1.16. The number of benzene rings is 1. The number of nitrogens with one attached hydrogen (secondary N) is 1. The Bertz CT molecular complexity index is 461. The predicted octanol–water partition coefficient (Wildman–Crippen LogP) is 0.912. The largest absolute Gasteiger partial charge is 0.467 e. The average Bonchev–Trinajstić information content (AvgIpc) is 2.37. The Morgan fingerprint density at radius 3 is 2.72 bits per heavy atom. The van der Waals surface area contributed by atoms with E-state index in [1.54, 1.807) is 12.1 Å². The summed E-state index contributed by atoms with van der Waals surface area (Å²) in [6.07, 6.45) is -1.38. The van der Waals surface area contributed by atoms with Crippen LogP contribution in [-0.4, -0.2) is 36.7 Å². The first-order valence-electron chi connectivity index (χ1n) is 5.26. The first kappa shape index (κ1) is 14.5. The van der Waals surface area contributed by atoms with Crippen molar-refractivity contribution >= 4 is 23.5 Å². The van der Waals surface area contributed by atoms with Gasteiger partial charge in [-0.1, -0.05) is 17.7 Å². The number of amides is 1. The molecule has 1 unspecified atom stereocenters. The summed E-state index contributed by atoms with van der Waals surface area (Å²) < 4.78 is 4.32. The second kappa shape index (κ2) is 6.37. The van der Waals surface area contributed by atoms with E-state index < -0.39 is 18.0 Å². The summed E-state index contributed by atoms with van der Waals surface area (Å²) in [6, 6.07) is 4.85. The zero-order valence-electron chi connectivity index (χ0n) is 10.1. The average molecular weight is 272 g/mol. The van der Waals surface area contributed by atoms with Crippen LogP contribution < -0.4 is 5.32 Å². The van der Waals surface area contributed by atoms with Gasteiger partial charge in [0.2, 0.25) is 0 Å². The van der Waals surface area contributed by atoms with Crippen molar-refractivity contribution in [2.24, 2.45) is 0 Å². The molecule has 2 N–H and O–H groups in total. The van der Waals surface area contributed by atoms with E-state index >= 15 is 0 Å². The summed E-state index contributed by atoms with van der Waals surface area (Å²) in [4.78, 5) is 22.6. The lowest BCUT2D eigenvalue weighted by Gasteiger charge is -2.10. The maximum atomic E-state index is 11.7. The van der Waals surface area contributed by atoms with Crippen molar-refractivity contribution in [3.05, 3.63) is 34.3 Å². The zero-order chi connectivity index (χ0) is 13.7. The monoisotopic (exact) mass is 271 g/mol. The van der Waals surface area contributed by atoms with Gasteiger partial charge in [0, 0.05) is 10.6 Å². The van der Waals surface area contributed by atoms with Gasteiger partial charge in [-0.15, -0.1) is 0 Å². The molecule has 0 heterocycles. The van der Waals surface area contributed by atoms with Crippen LogP contribution in [0.15, 0.2) is 18.2 Å². The van der Waals surface area contributed by atoms with E-state index in [0.29, 0.717) is 10.6 Å². The molecule has 5 nitrogen and oxygen atoms in total. The van der Waals surface area contributed by atoms with Crippen LogP contribution >= 0.6 is 11.6 Å². The lowest BCUT2D eigenvalue weighted by atomic mass is 10.1. The molecule has 1 amide bonds. The Kier molecular flexibility index (Phi) is 5.12. The van der Waals surface area contributed by atoms with Crippen LogP contribution in [0.5, 0.6) is 0 Å². The summed E-state index contributed by atoms with van der Waals surface area (Å²) in [5, 5.41) is 12.2. The van der Waals surface area contributed by atoms with Crippen LogP contribution in [0.3, 0.4) is 0 Å². The number of esters is 1. The lowest BCUT2D eigenvalue weighted by Crippen LogP contribution is -2.37. The minimum Gasteiger partial charge on any atom is -0.467 e. The molecule has 0 aliphatic rings. The Labute approximate surface area is 110 Å². The zero-order valence-corrected chi connectivity index (χ0v) is 10.8. The standard InChI is InChI=1S/C12H14ClNO4/c1-7-3-4-8(5-9(7)13)11(16)14-6-10(15)12(17)18-2/h3-5,10,15H,6H2,1-2H3,(H,14,16). The molecule has 6 heteroatoms. The minimum absolute atomic E-state index is 0.211. The number of halogens is 1. The van der Waals surface area contributed by atoms with Crippen LogP contribution in [0.25, 0.3) is 0 Å². The molecule has 0 aliphatic carbocycles. The molecule has 1 rings (SSSR count). The third-order valence-electron chi connectivity index (χ3n) is 2.36. The second-order valence-electron chi connectivity index (χ2n) is 3.71. The van der Waals surface area contributed by atoms with Crippen LogP contribution in [0.1, 0.15) is 15.9 Å². The molecule has 0 aromatic heterocycles. The third-order valence-corrected chi connectivity index (χ3v) is 2.77. The number of aliphatic hydroxyl groups is 1. The van der Waals surface area contributed by atoms with Gasteiger partial charge in [-0.2, -0.15) is 0 Å². The fraction of sp³-hybridized carbons (Fsp3) is 0.333. The van der Waals surface area contributed by atoms with Crippen LogP contribution in [0, 0.1) is 6.92 Å². The molecule has 98 valence electrons. The molecule has 1 aromatic carbocycles. The molecule has 0 bridgehead atoms. The quantitative estimate of drug-likeness (QED) is 0.798. The number of carbonyl (C=O) groups excluding carboxylic acids is 2. The second-order valence-corrected chi connectivity index (χ2v) is 4.12. The number of hydrogen-bond acceptors (Lipinski definition) is 4. The van der Waals surface area contributed by atoms with E-state index in [4.69, 9.17) is 11.6 Å². The molecular weight excluding hydrogens is 258 g/mol. The fourth-order valence-corrected chi connectivity index (χ4v) is 1.43. The van der Waals surface area contributed by atoms with Gasteiger partial charge in [0.05, 0.1) is 13.7 Å². The SMILES string of the molecule is COC(=O)C(O)CNC(=O)c1ccc(C)c(Cl)c1. The van der Waals surface area contributed by atoms with E-state index in [0.717, 1.165) is 12.7 Å². The van der Waals surface area contributed by atoms with E-state index in [2.05, 4.69) is 10.1 Å². The molecule has 0 saturated carbocycles. The van der Waals surface area contributed by atoms with Crippen LogP contribution in [-0.2, 0) is 9.53 Å². The van der Waals surface area contributed by atoms with E-state index in [1.165, 1.54) is 6.07 Å². The van der Waals surface area contributed by atoms with Crippen molar-refractivity contribution in [2.75, 3.05) is 13.7 Å². The molecular formula is C12H14ClNO4. The number of methoxy groups -OCH3 is 1. The molecule has 0 saturated heterocycles. The van der Waals surface area contributed by atoms with Gasteiger partial charge in [0.15, 0.2) is 6.10 Å². The van der Waals surface area contributed by atoms with Crippen molar-refractivity contribution < 1.29 is 19.4 Å². The third kappa shape index (κ3) is 3.72. The fourth-order valence-electron chi connectivity index (χ4n) is 1.24. The number of aryl methyl sites for hydroxylation is 1. The van der Waals surface area contributed by atoms with Gasteiger partial charge in [0.1, 0.15) is 0 Å². The lowest BCUT2D eigenvalue weighted by molar-refractivity contribution is -0.149. The molecule has 0 spiro atoms. The van der Waals surface area contributed by atoms with Gasteiger partial charge in [0.25, 0.3) is 5.91 Å². The molecule has 1 aromatic rings. The highest BCUT2D eigenvalue weighted by molar-refractivity contribution is 6.31. The van der Waals surface area contributed by atoms with Gasteiger partial charge < -0.3 is 15.2 Å². The normalized spacial score (nSPS) is 11.8. The molecule has 1 atom stereocenters. The Balaban J connectivity index is 2.60. The topological polar surface area (TPSA) is 75.6 Å². The summed E-state index contributed by atoms with van der Waals surface area (Å²) in [6.45, 7) is 1.61. The number of carbonyl (C=O) groups is 2. The molecule has 18 heavy (non-hydrogen) atoms. The maximum Gasteiger partial charge on any atom is 0.336 e. The summed E-state index contributed by atoms with van der Waals surface area (Å²) in [5.41, 5.74) is 1.23. The molecule has 0 aliphatic heterocycles. The highest BCUT2D eigenvalue weighted by Crippen LogP contribution is 2.16. The molecule has 0 fully saturated rings. The van der Waals surface area contributed by atoms with Crippen molar-refractivity contribution in [3.8, 4) is 0 Å². The maximum absolute atomic E-state index is 11.7. The highest BCUT2D eigenvalue weighted by atomic mass is 35.5. The van der Waals surface area contributed by atoms with Crippen molar-refractivity contribution in [1.82, 2.24) is 5.32 Å². The van der Waals surface area contributed by atoms with E-state index in [1.807, 2.05) is 6.92 Å². The van der Waals surface area contributed by atoms with Crippen LogP contribution in [0.4, 0.5) is 0 Å². The van der Waals surface area contributed by atoms with Crippen molar-refractivity contribution in [1.29, 1.82) is 0 Å². The van der Waals surface area contributed by atoms with Gasteiger partial charge in [-0.05, 0) is 24.6 Å². The van der Waals surface area contributed by atoms with Crippen molar-refractivity contribution in [3.63, 3.8) is 0 Å². The first-order chi connectivity index (χ1) is 8.45. The summed E-state index contributed by atoms with van der Waals surface area (Å²) in [5.74, 6) is -1.21. The Morgan fingerprint density at radius 2 is 2.17 bits per heavy atom. The number of rotatable bonds is 4. The van der Waals surface area contributed by atoms with Crippen LogP contribution in [0.2, 0.25) is 5.02 Å². The number of aliphatic hydroxyl groups excluding tert-OH is 1. The Hall–Kier alpha value is -1.59. The molecule has 0 radical (unpaired) electrons.